The molecule has 0 aliphatic carbocycles. The fraction of sp³-hybridized carbons (Fsp3) is 0.0882. The SMILES string of the molecule is C#Cc1ccc(NC(=O)c2cc(C#C)ccc2NC(=O)c2ccccc2-c2ccc(C=NN3CCC3)cc2)cc1. The van der Waals surface area contributed by atoms with E-state index in [9.17, 15) is 9.59 Å². The molecule has 0 aromatic heterocycles. The summed E-state index contributed by atoms with van der Waals surface area (Å²) < 4.78 is 0. The van der Waals surface area contributed by atoms with Gasteiger partial charge in [0.1, 0.15) is 0 Å². The maximum atomic E-state index is 13.5. The smallest absolute Gasteiger partial charge is 0.257 e. The van der Waals surface area contributed by atoms with E-state index in [4.69, 9.17) is 12.8 Å². The highest BCUT2D eigenvalue weighted by Crippen LogP contribution is 2.26. The fourth-order valence-electron chi connectivity index (χ4n) is 4.21. The number of terminal acetylenes is 2. The predicted molar refractivity (Wildman–Crippen MR) is 160 cm³/mol. The number of benzene rings is 4. The lowest BCUT2D eigenvalue weighted by molar-refractivity contribution is 0.102. The fourth-order valence-corrected chi connectivity index (χ4v) is 4.21. The molecule has 0 spiro atoms. The Morgan fingerprint density at radius 1 is 0.775 bits per heavy atom. The largest absolute Gasteiger partial charge is 0.322 e. The van der Waals surface area contributed by atoms with Gasteiger partial charge in [-0.05, 0) is 71.6 Å². The Morgan fingerprint density at radius 2 is 1.45 bits per heavy atom. The van der Waals surface area contributed by atoms with Gasteiger partial charge in [-0.3, -0.25) is 14.6 Å². The second kappa shape index (κ2) is 11.9. The Labute approximate surface area is 233 Å². The van der Waals surface area contributed by atoms with Crippen molar-refractivity contribution >= 4 is 29.4 Å². The standard InChI is InChI=1S/C34H26N4O2/c1-3-24-12-17-28(18-13-24)36-34(40)31-22-25(4-2)14-19-32(31)37-33(39)30-9-6-5-8-29(30)27-15-10-26(11-16-27)23-35-38-20-7-21-38/h1-2,5-6,8-19,22-23H,7,20-21H2,(H,36,40)(H,37,39). The molecule has 0 radical (unpaired) electrons. The molecule has 4 aromatic carbocycles. The van der Waals surface area contributed by atoms with Crippen molar-refractivity contribution in [2.45, 2.75) is 6.42 Å². The minimum atomic E-state index is -0.412. The molecular weight excluding hydrogens is 496 g/mol. The first-order chi connectivity index (χ1) is 19.5. The summed E-state index contributed by atoms with van der Waals surface area (Å²) in [5, 5.41) is 12.2. The number of hydrazone groups is 1. The first kappa shape index (κ1) is 26.0. The van der Waals surface area contributed by atoms with Crippen LogP contribution in [-0.2, 0) is 0 Å². The second-order valence-electron chi connectivity index (χ2n) is 9.25. The lowest BCUT2D eigenvalue weighted by Gasteiger charge is -2.27. The maximum Gasteiger partial charge on any atom is 0.257 e. The molecule has 0 bridgehead atoms. The Balaban J connectivity index is 1.38. The highest BCUT2D eigenvalue weighted by atomic mass is 16.2. The minimum absolute atomic E-state index is 0.244. The number of nitrogens with zero attached hydrogens (tertiary/aromatic N) is 2. The van der Waals surface area contributed by atoms with Crippen LogP contribution in [0.5, 0.6) is 0 Å². The van der Waals surface area contributed by atoms with Crippen LogP contribution >= 0.6 is 0 Å². The highest BCUT2D eigenvalue weighted by Gasteiger charge is 2.18. The van der Waals surface area contributed by atoms with Gasteiger partial charge in [-0.1, -0.05) is 54.3 Å². The summed E-state index contributed by atoms with van der Waals surface area (Å²) in [4.78, 5) is 26.8. The Hall–Kier alpha value is -5.59. The summed E-state index contributed by atoms with van der Waals surface area (Å²) in [6.45, 7) is 1.98. The van der Waals surface area contributed by atoms with E-state index >= 15 is 0 Å². The third-order valence-electron chi connectivity index (χ3n) is 6.58. The molecule has 0 unspecified atom stereocenters. The van der Waals surface area contributed by atoms with Crippen molar-refractivity contribution in [2.75, 3.05) is 23.7 Å². The normalized spacial score (nSPS) is 12.2. The molecule has 194 valence electrons. The van der Waals surface area contributed by atoms with Crippen LogP contribution < -0.4 is 10.6 Å². The van der Waals surface area contributed by atoms with E-state index in [1.54, 1.807) is 54.6 Å². The van der Waals surface area contributed by atoms with E-state index in [1.165, 1.54) is 6.42 Å². The van der Waals surface area contributed by atoms with Gasteiger partial charge in [-0.15, -0.1) is 12.8 Å². The van der Waals surface area contributed by atoms with Crippen molar-refractivity contribution in [2.24, 2.45) is 5.10 Å². The molecular formula is C34H26N4O2. The molecule has 0 atom stereocenters. The van der Waals surface area contributed by atoms with Crippen molar-refractivity contribution in [3.8, 4) is 35.8 Å². The van der Waals surface area contributed by atoms with Crippen LogP contribution in [0, 0.1) is 24.7 Å². The number of hydrogen-bond donors (Lipinski definition) is 2. The molecule has 1 saturated heterocycles. The summed E-state index contributed by atoms with van der Waals surface area (Å²) in [5.41, 5.74) is 5.49. The molecule has 1 aliphatic rings. The molecule has 6 heteroatoms. The number of amides is 2. The van der Waals surface area contributed by atoms with E-state index in [1.807, 2.05) is 47.6 Å². The molecule has 2 amide bonds. The first-order valence-corrected chi connectivity index (χ1v) is 12.8. The topological polar surface area (TPSA) is 73.8 Å². The van der Waals surface area contributed by atoms with E-state index < -0.39 is 5.91 Å². The van der Waals surface area contributed by atoms with Gasteiger partial charge in [0.05, 0.1) is 17.5 Å². The zero-order valence-corrected chi connectivity index (χ0v) is 21.7. The van der Waals surface area contributed by atoms with Gasteiger partial charge in [-0.2, -0.15) is 5.10 Å². The van der Waals surface area contributed by atoms with E-state index in [2.05, 4.69) is 27.6 Å². The third-order valence-corrected chi connectivity index (χ3v) is 6.58. The quantitative estimate of drug-likeness (QED) is 0.236. The van der Waals surface area contributed by atoms with Gasteiger partial charge in [-0.25, -0.2) is 0 Å². The molecule has 2 N–H and O–H groups in total. The second-order valence-corrected chi connectivity index (χ2v) is 9.25. The average molecular weight is 523 g/mol. The van der Waals surface area contributed by atoms with Gasteiger partial charge < -0.3 is 10.6 Å². The Kier molecular flexibility index (Phi) is 7.72. The molecule has 1 heterocycles. The number of hydrogen-bond acceptors (Lipinski definition) is 4. The van der Waals surface area contributed by atoms with Gasteiger partial charge in [0, 0.05) is 35.5 Å². The van der Waals surface area contributed by atoms with Crippen molar-refractivity contribution in [1.82, 2.24) is 5.01 Å². The summed E-state index contributed by atoms with van der Waals surface area (Å²) in [6, 6.07) is 27.0. The Bertz CT molecular complexity index is 1670. The van der Waals surface area contributed by atoms with Crippen LogP contribution in [0.1, 0.15) is 43.8 Å². The first-order valence-electron chi connectivity index (χ1n) is 12.8. The van der Waals surface area contributed by atoms with Crippen molar-refractivity contribution in [3.63, 3.8) is 0 Å². The lowest BCUT2D eigenvalue weighted by atomic mass is 9.98. The van der Waals surface area contributed by atoms with E-state index in [-0.39, 0.29) is 11.5 Å². The monoisotopic (exact) mass is 522 g/mol. The van der Waals surface area contributed by atoms with Gasteiger partial charge in [0.25, 0.3) is 11.8 Å². The number of carbonyl (C=O) groups is 2. The highest BCUT2D eigenvalue weighted by molar-refractivity contribution is 6.14. The van der Waals surface area contributed by atoms with E-state index in [0.717, 1.165) is 29.8 Å². The van der Waals surface area contributed by atoms with Crippen LogP contribution in [0.15, 0.2) is 96.1 Å². The van der Waals surface area contributed by atoms with Gasteiger partial charge >= 0.3 is 0 Å². The molecule has 40 heavy (non-hydrogen) atoms. The van der Waals surface area contributed by atoms with Crippen LogP contribution in [0.2, 0.25) is 0 Å². The summed E-state index contributed by atoms with van der Waals surface area (Å²) in [5.74, 6) is 4.33. The third kappa shape index (κ3) is 5.93. The summed E-state index contributed by atoms with van der Waals surface area (Å²) in [7, 11) is 0. The molecule has 6 nitrogen and oxygen atoms in total. The van der Waals surface area contributed by atoms with Gasteiger partial charge in [0.2, 0.25) is 0 Å². The maximum absolute atomic E-state index is 13.5. The summed E-state index contributed by atoms with van der Waals surface area (Å²) >= 11 is 0. The average Bonchev–Trinajstić information content (AvgIpc) is 2.97. The van der Waals surface area contributed by atoms with Crippen LogP contribution in [-0.4, -0.2) is 36.1 Å². The number of nitrogens with one attached hydrogen (secondary N) is 2. The zero-order chi connectivity index (χ0) is 27.9. The van der Waals surface area contributed by atoms with Crippen molar-refractivity contribution < 1.29 is 9.59 Å². The molecule has 1 aliphatic heterocycles. The van der Waals surface area contributed by atoms with E-state index in [0.29, 0.717) is 28.1 Å². The van der Waals surface area contributed by atoms with Crippen LogP contribution in [0.3, 0.4) is 0 Å². The number of carbonyl (C=O) groups excluding carboxylic acids is 2. The molecule has 0 saturated carbocycles. The Morgan fingerprint density at radius 3 is 2.12 bits per heavy atom. The zero-order valence-electron chi connectivity index (χ0n) is 21.7. The lowest BCUT2D eigenvalue weighted by Crippen LogP contribution is -2.32. The molecule has 1 fully saturated rings. The molecule has 5 rings (SSSR count). The molecule has 4 aromatic rings. The number of anilines is 2. The van der Waals surface area contributed by atoms with Gasteiger partial charge in [0.15, 0.2) is 0 Å². The van der Waals surface area contributed by atoms with Crippen LogP contribution in [0.4, 0.5) is 11.4 Å². The summed E-state index contributed by atoms with van der Waals surface area (Å²) in [6.07, 6.45) is 14.0. The van der Waals surface area contributed by atoms with Crippen molar-refractivity contribution in [3.05, 3.63) is 119 Å². The van der Waals surface area contributed by atoms with Crippen LogP contribution in [0.25, 0.3) is 11.1 Å². The van der Waals surface area contributed by atoms with Crippen molar-refractivity contribution in [1.29, 1.82) is 0 Å². The number of rotatable bonds is 7. The predicted octanol–water partition coefficient (Wildman–Crippen LogP) is 5.86. The minimum Gasteiger partial charge on any atom is -0.322 e.